The molecule has 0 radical (unpaired) electrons. The summed E-state index contributed by atoms with van der Waals surface area (Å²) in [7, 11) is 1.95. The Balaban J connectivity index is 1.69. The average molecular weight is 340 g/mol. The maximum atomic E-state index is 11.5. The van der Waals surface area contributed by atoms with Gasteiger partial charge < -0.3 is 14.6 Å². The number of allylic oxidation sites excluding steroid dienone is 2. The van der Waals surface area contributed by atoms with E-state index >= 15 is 0 Å². The number of hydrogen-bond donors (Lipinski definition) is 1. The van der Waals surface area contributed by atoms with Crippen molar-refractivity contribution in [1.29, 1.82) is 0 Å². The van der Waals surface area contributed by atoms with Crippen molar-refractivity contribution in [2.45, 2.75) is 45.1 Å². The second-order valence-corrected chi connectivity index (χ2v) is 7.10. The number of nitrogens with zero attached hydrogens (tertiary/aromatic N) is 3. The Morgan fingerprint density at radius 1 is 1.40 bits per heavy atom. The third-order valence-corrected chi connectivity index (χ3v) is 5.25. The minimum Gasteiger partial charge on any atom is -0.473 e. The second kappa shape index (κ2) is 6.50. The summed E-state index contributed by atoms with van der Waals surface area (Å²) in [4.78, 5) is 20.8. The Morgan fingerprint density at radius 2 is 2.28 bits per heavy atom. The van der Waals surface area contributed by atoms with Crippen LogP contribution in [0.4, 0.5) is 0 Å². The Bertz CT molecular complexity index is 839. The van der Waals surface area contributed by atoms with Crippen LogP contribution < -0.4 is 10.1 Å². The van der Waals surface area contributed by atoms with Crippen LogP contribution >= 0.6 is 0 Å². The number of carbonyl (C=O) groups is 1. The van der Waals surface area contributed by atoms with Crippen LogP contribution in [0.1, 0.15) is 44.7 Å². The number of carbonyl (C=O) groups excluding carboxylic acids is 1. The van der Waals surface area contributed by atoms with Crippen molar-refractivity contribution in [3.63, 3.8) is 0 Å². The van der Waals surface area contributed by atoms with E-state index in [1.165, 1.54) is 18.4 Å². The van der Waals surface area contributed by atoms with E-state index in [2.05, 4.69) is 22.4 Å². The molecular formula is C19H24N4O2. The van der Waals surface area contributed by atoms with E-state index in [1.807, 2.05) is 18.5 Å². The van der Waals surface area contributed by atoms with E-state index in [-0.39, 0.29) is 17.9 Å². The van der Waals surface area contributed by atoms with Crippen LogP contribution in [0, 0.1) is 5.92 Å². The molecule has 25 heavy (non-hydrogen) atoms. The normalized spacial score (nSPS) is 21.9. The summed E-state index contributed by atoms with van der Waals surface area (Å²) in [6.07, 6.45) is 9.13. The second-order valence-electron chi connectivity index (χ2n) is 7.10. The molecular weight excluding hydrogens is 316 g/mol. The number of pyridine rings is 1. The zero-order valence-electron chi connectivity index (χ0n) is 14.8. The van der Waals surface area contributed by atoms with E-state index in [0.29, 0.717) is 18.8 Å². The first-order valence-corrected chi connectivity index (χ1v) is 9.06. The van der Waals surface area contributed by atoms with Gasteiger partial charge in [-0.05, 0) is 44.2 Å². The Kier molecular flexibility index (Phi) is 4.19. The first kappa shape index (κ1) is 16.1. The number of nitrogens with one attached hydrogen (secondary N) is 1. The van der Waals surface area contributed by atoms with Crippen LogP contribution in [-0.4, -0.2) is 33.1 Å². The number of ether oxygens (including phenoxy) is 1. The summed E-state index contributed by atoms with van der Waals surface area (Å²) in [6, 6.07) is 2.06. The fraction of sp³-hybridized carbons (Fsp3) is 0.526. The molecule has 1 amide bonds. The smallest absolute Gasteiger partial charge is 0.241 e. The van der Waals surface area contributed by atoms with E-state index < -0.39 is 0 Å². The molecule has 132 valence electrons. The van der Waals surface area contributed by atoms with Gasteiger partial charge in [0.1, 0.15) is 11.6 Å². The lowest BCUT2D eigenvalue weighted by Gasteiger charge is -2.20. The number of hydrogen-bond acceptors (Lipinski definition) is 4. The number of rotatable bonds is 4. The lowest BCUT2D eigenvalue weighted by atomic mass is 9.97. The van der Waals surface area contributed by atoms with Gasteiger partial charge in [0.25, 0.3) is 0 Å². The third kappa shape index (κ3) is 3.13. The molecule has 1 N–H and O–H groups in total. The van der Waals surface area contributed by atoms with Gasteiger partial charge >= 0.3 is 0 Å². The molecule has 1 aliphatic heterocycles. The highest BCUT2D eigenvalue weighted by molar-refractivity contribution is 5.84. The molecule has 0 aromatic carbocycles. The molecule has 0 bridgehead atoms. The first-order chi connectivity index (χ1) is 12.1. The van der Waals surface area contributed by atoms with E-state index in [1.54, 1.807) is 6.33 Å². The average Bonchev–Trinajstić information content (AvgIpc) is 3.22. The summed E-state index contributed by atoms with van der Waals surface area (Å²) in [5, 5.41) is 2.88. The predicted molar refractivity (Wildman–Crippen MR) is 96.2 cm³/mol. The Morgan fingerprint density at radius 3 is 3.00 bits per heavy atom. The van der Waals surface area contributed by atoms with Gasteiger partial charge in [-0.2, -0.15) is 0 Å². The molecule has 2 aromatic rings. The predicted octanol–water partition coefficient (Wildman–Crippen LogP) is 2.83. The summed E-state index contributed by atoms with van der Waals surface area (Å²) in [5.41, 5.74) is 4.06. The summed E-state index contributed by atoms with van der Waals surface area (Å²) in [6.45, 7) is 2.68. The third-order valence-electron chi connectivity index (χ3n) is 5.25. The topological polar surface area (TPSA) is 69.0 Å². The van der Waals surface area contributed by atoms with Gasteiger partial charge in [0.2, 0.25) is 11.8 Å². The van der Waals surface area contributed by atoms with Crippen molar-refractivity contribution in [3.05, 3.63) is 24.2 Å². The van der Waals surface area contributed by atoms with Crippen LogP contribution in [0.25, 0.3) is 16.6 Å². The fourth-order valence-corrected chi connectivity index (χ4v) is 3.69. The highest BCUT2D eigenvalue weighted by Crippen LogP contribution is 2.32. The van der Waals surface area contributed by atoms with Gasteiger partial charge in [-0.1, -0.05) is 6.08 Å². The van der Waals surface area contributed by atoms with Gasteiger partial charge in [-0.25, -0.2) is 9.97 Å². The van der Waals surface area contributed by atoms with E-state index in [4.69, 9.17) is 9.72 Å². The van der Waals surface area contributed by atoms with Crippen LogP contribution in [-0.2, 0) is 11.8 Å². The fourth-order valence-electron chi connectivity index (χ4n) is 3.69. The highest BCUT2D eigenvalue weighted by Gasteiger charge is 2.29. The first-order valence-electron chi connectivity index (χ1n) is 9.06. The molecule has 1 fully saturated rings. The van der Waals surface area contributed by atoms with Crippen molar-refractivity contribution < 1.29 is 9.53 Å². The lowest BCUT2D eigenvalue weighted by molar-refractivity contribution is -0.119. The molecule has 2 unspecified atom stereocenters. The lowest BCUT2D eigenvalue weighted by Crippen LogP contribution is -2.26. The summed E-state index contributed by atoms with van der Waals surface area (Å²) >= 11 is 0. The highest BCUT2D eigenvalue weighted by atomic mass is 16.5. The Hall–Kier alpha value is -2.37. The summed E-state index contributed by atoms with van der Waals surface area (Å²) < 4.78 is 8.19. The van der Waals surface area contributed by atoms with Crippen molar-refractivity contribution in [2.24, 2.45) is 13.0 Å². The number of aryl methyl sites for hydroxylation is 1. The molecule has 3 heterocycles. The maximum absolute atomic E-state index is 11.5. The largest absolute Gasteiger partial charge is 0.473 e. The zero-order valence-corrected chi connectivity index (χ0v) is 14.8. The van der Waals surface area contributed by atoms with Crippen molar-refractivity contribution in [3.8, 4) is 5.88 Å². The molecule has 6 nitrogen and oxygen atoms in total. The van der Waals surface area contributed by atoms with Gasteiger partial charge in [0.15, 0.2) is 0 Å². The van der Waals surface area contributed by atoms with Crippen LogP contribution in [0.2, 0.25) is 0 Å². The van der Waals surface area contributed by atoms with Gasteiger partial charge in [0.05, 0.1) is 17.5 Å². The van der Waals surface area contributed by atoms with Crippen molar-refractivity contribution in [2.75, 3.05) is 6.54 Å². The number of aromatic nitrogens is 3. The molecule has 6 heteroatoms. The number of fused-ring (bicyclic) bond motifs is 1. The van der Waals surface area contributed by atoms with E-state index in [0.717, 1.165) is 29.6 Å². The minimum absolute atomic E-state index is 0.0832. The standard InChI is InChI=1S/C19H24N4O2/c1-12(14-8-17(24)20-10-14)25-19-18-16(21-11-23(18)2)9-15(22-19)13-6-4-3-5-7-13/h6,9,11-12,14H,3-5,7-8,10H2,1-2H3,(H,20,24). The molecule has 2 aromatic heterocycles. The van der Waals surface area contributed by atoms with E-state index in [9.17, 15) is 4.79 Å². The van der Waals surface area contributed by atoms with Gasteiger partial charge in [0, 0.05) is 25.9 Å². The molecule has 2 aliphatic rings. The molecule has 1 aliphatic carbocycles. The van der Waals surface area contributed by atoms with Gasteiger partial charge in [-0.15, -0.1) is 0 Å². The molecule has 2 atom stereocenters. The molecule has 1 saturated heterocycles. The molecule has 4 rings (SSSR count). The monoisotopic (exact) mass is 340 g/mol. The quantitative estimate of drug-likeness (QED) is 0.929. The maximum Gasteiger partial charge on any atom is 0.241 e. The van der Waals surface area contributed by atoms with Crippen LogP contribution in [0.5, 0.6) is 5.88 Å². The zero-order chi connectivity index (χ0) is 17.4. The summed E-state index contributed by atoms with van der Waals surface area (Å²) in [5.74, 6) is 0.890. The molecule has 0 saturated carbocycles. The van der Waals surface area contributed by atoms with Crippen LogP contribution in [0.3, 0.4) is 0 Å². The van der Waals surface area contributed by atoms with Crippen molar-refractivity contribution >= 4 is 22.5 Å². The van der Waals surface area contributed by atoms with Gasteiger partial charge in [-0.3, -0.25) is 4.79 Å². The SMILES string of the molecule is CC(Oc1nc(C2=CCCCC2)cc2ncn(C)c12)C1CNC(=O)C1. The van der Waals surface area contributed by atoms with Crippen LogP contribution in [0.15, 0.2) is 18.5 Å². The minimum atomic E-state index is -0.0832. The molecule has 0 spiro atoms. The number of imidazole rings is 1. The number of amides is 1. The Labute approximate surface area is 147 Å². The van der Waals surface area contributed by atoms with Crippen molar-refractivity contribution in [1.82, 2.24) is 19.9 Å².